The maximum atomic E-state index is 13.6. The van der Waals surface area contributed by atoms with Crippen LogP contribution in [-0.2, 0) is 6.18 Å². The van der Waals surface area contributed by atoms with Gasteiger partial charge in [0.25, 0.3) is 5.91 Å². The van der Waals surface area contributed by atoms with Crippen LogP contribution in [0.4, 0.5) is 13.2 Å². The monoisotopic (exact) mass is 433 g/mol. The minimum atomic E-state index is -4.78. The van der Waals surface area contributed by atoms with Gasteiger partial charge in [0.15, 0.2) is 5.69 Å². The minimum absolute atomic E-state index is 0.142. The molecule has 0 aliphatic heterocycles. The van der Waals surface area contributed by atoms with E-state index < -0.39 is 29.4 Å². The Kier molecular flexibility index (Phi) is 5.50. The Hall–Kier alpha value is -2.03. The molecule has 0 saturated heterocycles. The molecule has 1 N–H and O–H groups in total. The van der Waals surface area contributed by atoms with Crippen LogP contribution in [0.5, 0.6) is 0 Å². The number of alkyl halides is 3. The van der Waals surface area contributed by atoms with E-state index in [0.29, 0.717) is 14.0 Å². The van der Waals surface area contributed by atoms with Gasteiger partial charge in [-0.1, -0.05) is 23.2 Å². The Bertz CT molecular complexity index is 967. The van der Waals surface area contributed by atoms with Gasteiger partial charge in [-0.15, -0.1) is 11.3 Å². The van der Waals surface area contributed by atoms with Crippen LogP contribution in [0.15, 0.2) is 42.6 Å². The summed E-state index contributed by atoms with van der Waals surface area (Å²) in [6.07, 6.45) is -3.88. The van der Waals surface area contributed by atoms with Crippen LogP contribution in [0.3, 0.4) is 0 Å². The average Bonchev–Trinajstić information content (AvgIpc) is 3.21. The third kappa shape index (κ3) is 4.28. The number of carbonyl (C=O) groups excluding carboxylic acids is 1. The molecule has 0 radical (unpaired) electrons. The molecule has 1 amide bonds. The largest absolute Gasteiger partial charge is 0.434 e. The van der Waals surface area contributed by atoms with Crippen molar-refractivity contribution in [1.29, 1.82) is 0 Å². The number of rotatable bonds is 4. The number of hydrogen-bond donors (Lipinski definition) is 1. The highest BCUT2D eigenvalue weighted by Crippen LogP contribution is 2.34. The molecule has 0 spiro atoms. The number of nitrogens with zero attached hydrogens (tertiary/aromatic N) is 2. The fraction of sp³-hybridized carbons (Fsp3) is 0.176. The van der Waals surface area contributed by atoms with Gasteiger partial charge >= 0.3 is 6.18 Å². The van der Waals surface area contributed by atoms with E-state index in [4.69, 9.17) is 23.2 Å². The van der Waals surface area contributed by atoms with Crippen LogP contribution in [0.2, 0.25) is 9.36 Å². The smallest absolute Gasteiger partial charge is 0.345 e. The summed E-state index contributed by atoms with van der Waals surface area (Å²) in [5.41, 5.74) is -1.57. The standard InChI is InChI=1S/C17H12Cl2F3N3OS/c1-9(13-6-7-14(19)27-13)24-16(26)12-8-23-25(15(12)17(20,21)22)11-4-2-10(18)3-5-11/h2-9H,1H3,(H,24,26). The molecule has 1 unspecified atom stereocenters. The summed E-state index contributed by atoms with van der Waals surface area (Å²) in [6.45, 7) is 1.66. The number of carbonyl (C=O) groups is 1. The quantitative estimate of drug-likeness (QED) is 0.569. The van der Waals surface area contributed by atoms with Crippen molar-refractivity contribution in [2.45, 2.75) is 19.1 Å². The molecule has 2 aromatic heterocycles. The van der Waals surface area contributed by atoms with Gasteiger partial charge in [-0.3, -0.25) is 4.79 Å². The second kappa shape index (κ2) is 7.53. The van der Waals surface area contributed by atoms with Gasteiger partial charge in [0.2, 0.25) is 0 Å². The Labute approximate surface area is 166 Å². The Balaban J connectivity index is 1.95. The van der Waals surface area contributed by atoms with Gasteiger partial charge in [0.05, 0.1) is 27.8 Å². The number of benzene rings is 1. The van der Waals surface area contributed by atoms with Gasteiger partial charge < -0.3 is 5.32 Å². The van der Waals surface area contributed by atoms with E-state index in [0.717, 1.165) is 11.1 Å². The molecule has 0 fully saturated rings. The van der Waals surface area contributed by atoms with E-state index in [1.54, 1.807) is 19.1 Å². The molecule has 0 saturated carbocycles. The predicted molar refractivity (Wildman–Crippen MR) is 98.8 cm³/mol. The predicted octanol–water partition coefficient (Wildman–Crippen LogP) is 5.75. The van der Waals surface area contributed by atoms with Crippen molar-refractivity contribution in [2.24, 2.45) is 0 Å². The van der Waals surface area contributed by atoms with E-state index in [1.807, 2.05) is 0 Å². The zero-order chi connectivity index (χ0) is 19.8. The average molecular weight is 434 g/mol. The van der Waals surface area contributed by atoms with Crippen LogP contribution in [0.1, 0.15) is 33.9 Å². The Morgan fingerprint density at radius 1 is 1.19 bits per heavy atom. The molecule has 4 nitrogen and oxygen atoms in total. The first-order valence-electron chi connectivity index (χ1n) is 7.64. The van der Waals surface area contributed by atoms with Crippen molar-refractivity contribution in [3.05, 3.63) is 68.1 Å². The number of aromatic nitrogens is 2. The van der Waals surface area contributed by atoms with Crippen LogP contribution >= 0.6 is 34.5 Å². The van der Waals surface area contributed by atoms with Crippen molar-refractivity contribution in [3.63, 3.8) is 0 Å². The molecule has 27 heavy (non-hydrogen) atoms. The first-order valence-corrected chi connectivity index (χ1v) is 9.21. The van der Waals surface area contributed by atoms with Gasteiger partial charge in [-0.25, -0.2) is 4.68 Å². The van der Waals surface area contributed by atoms with E-state index >= 15 is 0 Å². The van der Waals surface area contributed by atoms with Crippen LogP contribution in [-0.4, -0.2) is 15.7 Å². The maximum absolute atomic E-state index is 13.6. The third-order valence-corrected chi connectivity index (χ3v) is 5.39. The molecule has 0 bridgehead atoms. The van der Waals surface area contributed by atoms with Crippen LogP contribution < -0.4 is 5.32 Å². The minimum Gasteiger partial charge on any atom is -0.345 e. The number of nitrogens with one attached hydrogen (secondary N) is 1. The molecule has 142 valence electrons. The van der Waals surface area contributed by atoms with Crippen molar-refractivity contribution in [3.8, 4) is 5.69 Å². The molecule has 1 atom stereocenters. The van der Waals surface area contributed by atoms with Crippen molar-refractivity contribution in [1.82, 2.24) is 15.1 Å². The summed E-state index contributed by atoms with van der Waals surface area (Å²) in [6, 6.07) is 8.53. The number of hydrogen-bond acceptors (Lipinski definition) is 3. The second-order valence-electron chi connectivity index (χ2n) is 5.63. The fourth-order valence-corrected chi connectivity index (χ4v) is 3.66. The number of thiophene rings is 1. The molecule has 2 heterocycles. The van der Waals surface area contributed by atoms with Crippen molar-refractivity contribution in [2.75, 3.05) is 0 Å². The lowest BCUT2D eigenvalue weighted by atomic mass is 10.2. The number of halogens is 5. The lowest BCUT2D eigenvalue weighted by molar-refractivity contribution is -0.143. The first-order chi connectivity index (χ1) is 12.7. The van der Waals surface area contributed by atoms with Gasteiger partial charge in [-0.2, -0.15) is 18.3 Å². The first kappa shape index (κ1) is 19.7. The molecule has 3 aromatic rings. The van der Waals surface area contributed by atoms with E-state index in [-0.39, 0.29) is 5.69 Å². The highest BCUT2D eigenvalue weighted by molar-refractivity contribution is 7.16. The zero-order valence-corrected chi connectivity index (χ0v) is 16.0. The normalized spacial score (nSPS) is 12.8. The Morgan fingerprint density at radius 2 is 1.85 bits per heavy atom. The summed E-state index contributed by atoms with van der Waals surface area (Å²) in [5, 5.41) is 6.69. The molecule has 0 aliphatic rings. The molecule has 0 aliphatic carbocycles. The lowest BCUT2D eigenvalue weighted by Gasteiger charge is -2.15. The summed E-state index contributed by atoms with van der Waals surface area (Å²) in [4.78, 5) is 13.2. The zero-order valence-electron chi connectivity index (χ0n) is 13.7. The summed E-state index contributed by atoms with van der Waals surface area (Å²) >= 11 is 12.9. The summed E-state index contributed by atoms with van der Waals surface area (Å²) < 4.78 is 42.2. The fourth-order valence-electron chi connectivity index (χ4n) is 2.47. The molecule has 10 heteroatoms. The lowest BCUT2D eigenvalue weighted by Crippen LogP contribution is -2.28. The molecule has 1 aromatic carbocycles. The topological polar surface area (TPSA) is 46.9 Å². The van der Waals surface area contributed by atoms with Gasteiger partial charge in [0.1, 0.15) is 0 Å². The number of amides is 1. The second-order valence-corrected chi connectivity index (χ2v) is 7.81. The van der Waals surface area contributed by atoms with Crippen LogP contribution in [0, 0.1) is 0 Å². The molecular formula is C17H12Cl2F3N3OS. The van der Waals surface area contributed by atoms with E-state index in [1.165, 1.54) is 35.6 Å². The highest BCUT2D eigenvalue weighted by Gasteiger charge is 2.40. The van der Waals surface area contributed by atoms with E-state index in [9.17, 15) is 18.0 Å². The van der Waals surface area contributed by atoms with Crippen molar-refractivity contribution >= 4 is 40.4 Å². The van der Waals surface area contributed by atoms with E-state index in [2.05, 4.69) is 10.4 Å². The summed E-state index contributed by atoms with van der Waals surface area (Å²) in [7, 11) is 0. The Morgan fingerprint density at radius 3 is 2.41 bits per heavy atom. The van der Waals surface area contributed by atoms with Gasteiger partial charge in [0, 0.05) is 9.90 Å². The van der Waals surface area contributed by atoms with Crippen LogP contribution in [0.25, 0.3) is 5.69 Å². The van der Waals surface area contributed by atoms with Gasteiger partial charge in [-0.05, 0) is 43.3 Å². The summed E-state index contributed by atoms with van der Waals surface area (Å²) in [5.74, 6) is -0.875. The highest BCUT2D eigenvalue weighted by atomic mass is 35.5. The maximum Gasteiger partial charge on any atom is 0.434 e. The third-order valence-electron chi connectivity index (χ3n) is 3.72. The molecule has 3 rings (SSSR count). The molecular weight excluding hydrogens is 422 g/mol. The SMILES string of the molecule is CC(NC(=O)c1cnn(-c2ccc(Cl)cc2)c1C(F)(F)F)c1ccc(Cl)s1. The van der Waals surface area contributed by atoms with Crippen molar-refractivity contribution < 1.29 is 18.0 Å².